The second-order valence-electron chi connectivity index (χ2n) is 8.74. The number of ether oxygens (including phenoxy) is 2. The van der Waals surface area contributed by atoms with E-state index in [4.69, 9.17) is 20.2 Å². The number of hydrogen-bond acceptors (Lipinski definition) is 8. The maximum absolute atomic E-state index is 6.14. The van der Waals surface area contributed by atoms with E-state index in [0.717, 1.165) is 68.7 Å². The van der Waals surface area contributed by atoms with E-state index in [9.17, 15) is 0 Å². The number of imidazole rings is 1. The number of halogens is 1. The standard InChI is InChI=1S/C21H21BrN6O2S/c22-12-6-14-15(30-9-29-14)7-16(12)31-21-26-17-19(23)24-8-25-20(17)27(21)4-3-10-5-11-1-2-13-18(10)28(11)13/h6-8,10-11,13,18H,1-5,9H2,(H2,23,24,25)/t10-,11-,13+,18?,28?/m0/s1. The number of piperidine rings is 2. The summed E-state index contributed by atoms with van der Waals surface area (Å²) < 4.78 is 14.2. The quantitative estimate of drug-likeness (QED) is 0.530. The lowest BCUT2D eigenvalue weighted by atomic mass is 9.96. The fourth-order valence-electron chi connectivity index (χ4n) is 5.82. The fraction of sp³-hybridized carbons (Fsp3) is 0.476. The predicted molar refractivity (Wildman–Crippen MR) is 119 cm³/mol. The predicted octanol–water partition coefficient (Wildman–Crippen LogP) is 3.68. The molecule has 0 spiro atoms. The molecule has 4 aliphatic heterocycles. The van der Waals surface area contributed by atoms with E-state index in [0.29, 0.717) is 11.3 Å². The molecule has 160 valence electrons. The van der Waals surface area contributed by atoms with Crippen LogP contribution in [0.15, 0.2) is 33.0 Å². The number of nitrogens with two attached hydrogens (primary N) is 1. The van der Waals surface area contributed by atoms with Gasteiger partial charge in [0.05, 0.1) is 0 Å². The van der Waals surface area contributed by atoms with Gasteiger partial charge in [0.1, 0.15) is 6.33 Å². The molecule has 1 aromatic carbocycles. The molecule has 0 saturated carbocycles. The van der Waals surface area contributed by atoms with Crippen LogP contribution in [0.4, 0.5) is 5.82 Å². The molecule has 2 unspecified atom stereocenters. The molecule has 3 aromatic rings. The van der Waals surface area contributed by atoms with Gasteiger partial charge in [-0.2, -0.15) is 0 Å². The molecule has 3 saturated heterocycles. The van der Waals surface area contributed by atoms with Gasteiger partial charge >= 0.3 is 0 Å². The van der Waals surface area contributed by atoms with Crippen LogP contribution in [0.5, 0.6) is 11.5 Å². The Hall–Kier alpha value is -2.04. The zero-order chi connectivity index (χ0) is 20.7. The highest BCUT2D eigenvalue weighted by Gasteiger charge is 2.63. The maximum atomic E-state index is 6.14. The third-order valence-corrected chi connectivity index (χ3v) is 9.15. The van der Waals surface area contributed by atoms with Gasteiger partial charge in [-0.05, 0) is 59.7 Å². The summed E-state index contributed by atoms with van der Waals surface area (Å²) in [7, 11) is 0. The molecule has 0 radical (unpaired) electrons. The van der Waals surface area contributed by atoms with Crippen molar-refractivity contribution in [3.63, 3.8) is 0 Å². The minimum absolute atomic E-state index is 0.252. The lowest BCUT2D eigenvalue weighted by Crippen LogP contribution is -2.13. The average Bonchev–Trinajstić information content (AvgIpc) is 3.12. The number of nitrogen functional groups attached to an aromatic ring is 1. The SMILES string of the molecule is Nc1ncnc2c1nc(Sc1cc3c(cc1Br)OCO3)n2CC[C@H]1C[C@@H]2CC[C@@H]3C1N23. The molecule has 6 heterocycles. The highest BCUT2D eigenvalue weighted by atomic mass is 79.9. The highest BCUT2D eigenvalue weighted by Crippen LogP contribution is 2.56. The van der Waals surface area contributed by atoms with Crippen molar-refractivity contribution < 1.29 is 9.47 Å². The first-order chi connectivity index (χ1) is 15.2. The van der Waals surface area contributed by atoms with Crippen molar-refractivity contribution in [2.75, 3.05) is 12.5 Å². The Bertz CT molecular complexity index is 1220. The van der Waals surface area contributed by atoms with Gasteiger partial charge in [0.25, 0.3) is 0 Å². The first-order valence-electron chi connectivity index (χ1n) is 10.7. The number of hydrogen-bond donors (Lipinski definition) is 1. The Morgan fingerprint density at radius 2 is 2.06 bits per heavy atom. The van der Waals surface area contributed by atoms with Crippen molar-refractivity contribution in [3.05, 3.63) is 22.9 Å². The molecule has 10 heteroatoms. The van der Waals surface area contributed by atoms with E-state index in [1.807, 2.05) is 12.1 Å². The molecule has 3 fully saturated rings. The molecule has 8 nitrogen and oxygen atoms in total. The van der Waals surface area contributed by atoms with Crippen molar-refractivity contribution in [1.82, 2.24) is 24.4 Å². The normalized spacial score (nSPS) is 29.6. The van der Waals surface area contributed by atoms with Gasteiger partial charge in [0.15, 0.2) is 33.6 Å². The van der Waals surface area contributed by atoms with Gasteiger partial charge in [-0.15, -0.1) is 0 Å². The molecule has 0 amide bonds. The van der Waals surface area contributed by atoms with Gasteiger partial charge in [-0.25, -0.2) is 15.0 Å². The Balaban J connectivity index is 1.22. The second-order valence-corrected chi connectivity index (χ2v) is 10.6. The molecule has 31 heavy (non-hydrogen) atoms. The minimum atomic E-state index is 0.252. The first kappa shape index (κ1) is 18.5. The average molecular weight is 501 g/mol. The number of benzene rings is 1. The summed E-state index contributed by atoms with van der Waals surface area (Å²) in [5, 5.41) is 0.871. The summed E-state index contributed by atoms with van der Waals surface area (Å²) in [5.41, 5.74) is 7.61. The number of fused-ring (bicyclic) bond motifs is 3. The van der Waals surface area contributed by atoms with Crippen LogP contribution >= 0.6 is 27.7 Å². The van der Waals surface area contributed by atoms with Crippen LogP contribution in [0.1, 0.15) is 25.7 Å². The maximum Gasteiger partial charge on any atom is 0.231 e. The Morgan fingerprint density at radius 3 is 2.90 bits per heavy atom. The second kappa shape index (κ2) is 6.73. The van der Waals surface area contributed by atoms with Crippen molar-refractivity contribution in [1.29, 1.82) is 0 Å². The molecule has 0 aliphatic carbocycles. The lowest BCUT2D eigenvalue weighted by Gasteiger charge is -2.14. The van der Waals surface area contributed by atoms with Crippen molar-refractivity contribution in [2.24, 2.45) is 5.92 Å². The molecular formula is C21H21BrN6O2S. The smallest absolute Gasteiger partial charge is 0.231 e. The van der Waals surface area contributed by atoms with Gasteiger partial charge < -0.3 is 19.8 Å². The summed E-state index contributed by atoms with van der Waals surface area (Å²) >= 11 is 5.25. The van der Waals surface area contributed by atoms with Crippen LogP contribution in [0.3, 0.4) is 0 Å². The monoisotopic (exact) mass is 500 g/mol. The van der Waals surface area contributed by atoms with E-state index < -0.39 is 0 Å². The molecule has 2 aromatic heterocycles. The molecule has 0 bridgehead atoms. The summed E-state index contributed by atoms with van der Waals surface area (Å²) in [6.45, 7) is 1.13. The zero-order valence-electron chi connectivity index (χ0n) is 16.7. The van der Waals surface area contributed by atoms with E-state index in [2.05, 4.69) is 35.4 Å². The Kier molecular flexibility index (Phi) is 4.02. The van der Waals surface area contributed by atoms with Gasteiger partial charge in [0, 0.05) is 34.0 Å². The molecular weight excluding hydrogens is 480 g/mol. The van der Waals surface area contributed by atoms with Gasteiger partial charge in [0.2, 0.25) is 6.79 Å². The van der Waals surface area contributed by atoms with Gasteiger partial charge in [-0.1, -0.05) is 11.8 Å². The molecule has 2 N–H and O–H groups in total. The molecule has 4 aliphatic rings. The first-order valence-corrected chi connectivity index (χ1v) is 12.3. The lowest BCUT2D eigenvalue weighted by molar-refractivity contribution is 0.174. The van der Waals surface area contributed by atoms with Crippen LogP contribution in [0.25, 0.3) is 11.2 Å². The third kappa shape index (κ3) is 2.81. The summed E-state index contributed by atoms with van der Waals surface area (Å²) in [5.74, 6) is 2.69. The van der Waals surface area contributed by atoms with E-state index in [1.165, 1.54) is 25.6 Å². The third-order valence-electron chi connectivity index (χ3n) is 7.18. The summed E-state index contributed by atoms with van der Waals surface area (Å²) in [6, 6.07) is 6.44. The van der Waals surface area contributed by atoms with Crippen LogP contribution in [0, 0.1) is 5.92 Å². The summed E-state index contributed by atoms with van der Waals surface area (Å²) in [6.07, 6.45) is 6.78. The fourth-order valence-corrected chi connectivity index (χ4v) is 7.33. The van der Waals surface area contributed by atoms with Gasteiger partial charge in [-0.3, -0.25) is 4.90 Å². The number of aromatic nitrogens is 4. The van der Waals surface area contributed by atoms with Crippen molar-refractivity contribution >= 4 is 44.7 Å². The van der Waals surface area contributed by atoms with Crippen molar-refractivity contribution in [3.8, 4) is 11.5 Å². The van der Waals surface area contributed by atoms with Crippen LogP contribution in [0.2, 0.25) is 0 Å². The molecule has 7 rings (SSSR count). The minimum Gasteiger partial charge on any atom is -0.454 e. The van der Waals surface area contributed by atoms with Crippen LogP contribution in [-0.4, -0.2) is 49.3 Å². The number of aryl methyl sites for hydroxylation is 1. The zero-order valence-corrected chi connectivity index (χ0v) is 19.1. The number of anilines is 1. The van der Waals surface area contributed by atoms with Crippen LogP contribution in [-0.2, 0) is 6.54 Å². The largest absolute Gasteiger partial charge is 0.454 e. The van der Waals surface area contributed by atoms with Crippen molar-refractivity contribution in [2.45, 2.75) is 60.4 Å². The Labute approximate surface area is 191 Å². The van der Waals surface area contributed by atoms with E-state index in [-0.39, 0.29) is 6.79 Å². The summed E-state index contributed by atoms with van der Waals surface area (Å²) in [4.78, 5) is 17.3. The topological polar surface area (TPSA) is 91.1 Å². The van der Waals surface area contributed by atoms with E-state index >= 15 is 0 Å². The van der Waals surface area contributed by atoms with E-state index in [1.54, 1.807) is 11.8 Å². The molecule has 5 atom stereocenters. The number of nitrogens with zero attached hydrogens (tertiary/aromatic N) is 5. The highest BCUT2D eigenvalue weighted by molar-refractivity contribution is 9.10. The Morgan fingerprint density at radius 1 is 1.19 bits per heavy atom. The van der Waals surface area contributed by atoms with Crippen LogP contribution < -0.4 is 15.2 Å². The number of rotatable bonds is 5.